The molecule has 1 N–H and O–H groups in total. The molecule has 1 fully saturated rings. The molecule has 0 radical (unpaired) electrons. The van der Waals surface area contributed by atoms with E-state index in [1.807, 2.05) is 29.2 Å². The van der Waals surface area contributed by atoms with Gasteiger partial charge in [0, 0.05) is 11.4 Å². The molecule has 1 amide bonds. The van der Waals surface area contributed by atoms with Crippen LogP contribution in [-0.4, -0.2) is 11.6 Å². The number of rotatable bonds is 1. The zero-order valence-corrected chi connectivity index (χ0v) is 12.9. The molecular formula is C19H19FN2O. The quantitative estimate of drug-likeness (QED) is 0.837. The van der Waals surface area contributed by atoms with Crippen molar-refractivity contribution in [2.24, 2.45) is 0 Å². The minimum absolute atomic E-state index is 0.00661. The molecule has 1 saturated carbocycles. The van der Waals surface area contributed by atoms with Gasteiger partial charge in [-0.05, 0) is 62.1 Å². The standard InChI is InChI=1S/C19H19FN2O/c20-14-8-10-15(11-9-14)22-18(23)16-6-2-3-7-17(16)21-19(22)12-4-1-5-13-19/h2-3,6-11,21H,1,4-5,12-13H2. The lowest BCUT2D eigenvalue weighted by Crippen LogP contribution is -2.61. The smallest absolute Gasteiger partial charge is 0.262 e. The molecule has 0 bridgehead atoms. The van der Waals surface area contributed by atoms with E-state index in [0.717, 1.165) is 37.1 Å². The summed E-state index contributed by atoms with van der Waals surface area (Å²) in [6, 6.07) is 13.9. The molecule has 2 aliphatic rings. The molecule has 2 aromatic rings. The van der Waals surface area contributed by atoms with Crippen molar-refractivity contribution in [2.75, 3.05) is 10.2 Å². The number of para-hydroxylation sites is 1. The van der Waals surface area contributed by atoms with E-state index in [1.165, 1.54) is 18.6 Å². The van der Waals surface area contributed by atoms with Crippen LogP contribution in [-0.2, 0) is 0 Å². The first-order valence-corrected chi connectivity index (χ1v) is 8.17. The van der Waals surface area contributed by atoms with E-state index in [2.05, 4.69) is 5.32 Å². The molecule has 4 heteroatoms. The third-order valence-corrected chi connectivity index (χ3v) is 4.92. The molecule has 0 unspecified atom stereocenters. The number of nitrogens with zero attached hydrogens (tertiary/aromatic N) is 1. The summed E-state index contributed by atoms with van der Waals surface area (Å²) in [4.78, 5) is 15.0. The second-order valence-corrected chi connectivity index (χ2v) is 6.38. The van der Waals surface area contributed by atoms with Crippen LogP contribution in [0.3, 0.4) is 0 Å². The molecule has 23 heavy (non-hydrogen) atoms. The lowest BCUT2D eigenvalue weighted by atomic mass is 9.84. The van der Waals surface area contributed by atoms with Gasteiger partial charge >= 0.3 is 0 Å². The van der Waals surface area contributed by atoms with E-state index in [1.54, 1.807) is 12.1 Å². The van der Waals surface area contributed by atoms with Crippen molar-refractivity contribution >= 4 is 17.3 Å². The van der Waals surface area contributed by atoms with Gasteiger partial charge in [-0.25, -0.2) is 4.39 Å². The Morgan fingerprint density at radius 2 is 1.65 bits per heavy atom. The maximum absolute atomic E-state index is 13.3. The van der Waals surface area contributed by atoms with Gasteiger partial charge in [-0.15, -0.1) is 0 Å². The van der Waals surface area contributed by atoms with Crippen molar-refractivity contribution in [3.05, 3.63) is 59.9 Å². The van der Waals surface area contributed by atoms with Crippen LogP contribution in [0.1, 0.15) is 42.5 Å². The first kappa shape index (κ1) is 14.2. The molecule has 1 aliphatic heterocycles. The third-order valence-electron chi connectivity index (χ3n) is 4.92. The summed E-state index contributed by atoms with van der Waals surface area (Å²) < 4.78 is 13.3. The van der Waals surface area contributed by atoms with Crippen molar-refractivity contribution in [2.45, 2.75) is 37.8 Å². The molecular weight excluding hydrogens is 291 g/mol. The third kappa shape index (κ3) is 2.29. The molecule has 2 aromatic carbocycles. The topological polar surface area (TPSA) is 32.3 Å². The fourth-order valence-corrected chi connectivity index (χ4v) is 3.84. The van der Waals surface area contributed by atoms with Crippen molar-refractivity contribution in [3.63, 3.8) is 0 Å². The molecule has 1 spiro atoms. The van der Waals surface area contributed by atoms with Gasteiger partial charge in [0.15, 0.2) is 0 Å². The first-order chi connectivity index (χ1) is 11.2. The summed E-state index contributed by atoms with van der Waals surface area (Å²) in [6.07, 6.45) is 5.17. The summed E-state index contributed by atoms with van der Waals surface area (Å²) >= 11 is 0. The van der Waals surface area contributed by atoms with Crippen molar-refractivity contribution in [3.8, 4) is 0 Å². The number of carbonyl (C=O) groups is 1. The summed E-state index contributed by atoms with van der Waals surface area (Å²) in [5.74, 6) is -0.294. The number of hydrogen-bond donors (Lipinski definition) is 1. The second-order valence-electron chi connectivity index (χ2n) is 6.38. The van der Waals surface area contributed by atoms with Crippen LogP contribution in [0.15, 0.2) is 48.5 Å². The summed E-state index contributed by atoms with van der Waals surface area (Å²) in [5.41, 5.74) is 1.92. The molecule has 118 valence electrons. The number of nitrogens with one attached hydrogen (secondary N) is 1. The van der Waals surface area contributed by atoms with E-state index < -0.39 is 5.66 Å². The lowest BCUT2D eigenvalue weighted by molar-refractivity contribution is 0.0938. The monoisotopic (exact) mass is 310 g/mol. The summed E-state index contributed by atoms with van der Waals surface area (Å²) in [6.45, 7) is 0. The Balaban J connectivity index is 1.85. The summed E-state index contributed by atoms with van der Waals surface area (Å²) in [7, 11) is 0. The van der Waals surface area contributed by atoms with Crippen LogP contribution >= 0.6 is 0 Å². The predicted molar refractivity (Wildman–Crippen MR) is 89.1 cm³/mol. The maximum atomic E-state index is 13.3. The number of hydrogen-bond acceptors (Lipinski definition) is 2. The normalized spacial score (nSPS) is 19.3. The number of anilines is 2. The van der Waals surface area contributed by atoms with E-state index >= 15 is 0 Å². The van der Waals surface area contributed by atoms with Gasteiger partial charge in [0.2, 0.25) is 0 Å². The van der Waals surface area contributed by atoms with Crippen LogP contribution in [0.2, 0.25) is 0 Å². The fourth-order valence-electron chi connectivity index (χ4n) is 3.84. The highest BCUT2D eigenvalue weighted by molar-refractivity contribution is 6.12. The van der Waals surface area contributed by atoms with Gasteiger partial charge in [0.25, 0.3) is 5.91 Å². The van der Waals surface area contributed by atoms with Crippen LogP contribution in [0, 0.1) is 5.82 Å². The number of benzene rings is 2. The van der Waals surface area contributed by atoms with E-state index in [9.17, 15) is 9.18 Å². The number of carbonyl (C=O) groups excluding carboxylic acids is 1. The minimum Gasteiger partial charge on any atom is -0.362 e. The molecule has 0 saturated heterocycles. The maximum Gasteiger partial charge on any atom is 0.262 e. The Morgan fingerprint density at radius 1 is 0.957 bits per heavy atom. The SMILES string of the molecule is O=C1c2ccccc2NC2(CCCCC2)N1c1ccc(F)cc1. The predicted octanol–water partition coefficient (Wildman–Crippen LogP) is 4.56. The largest absolute Gasteiger partial charge is 0.362 e. The highest BCUT2D eigenvalue weighted by Crippen LogP contribution is 2.42. The van der Waals surface area contributed by atoms with Crippen molar-refractivity contribution in [1.82, 2.24) is 0 Å². The minimum atomic E-state index is -0.401. The number of amides is 1. The van der Waals surface area contributed by atoms with Crippen LogP contribution in [0.25, 0.3) is 0 Å². The fraction of sp³-hybridized carbons (Fsp3) is 0.316. The molecule has 3 nitrogen and oxygen atoms in total. The van der Waals surface area contributed by atoms with Crippen molar-refractivity contribution in [1.29, 1.82) is 0 Å². The van der Waals surface area contributed by atoms with Crippen molar-refractivity contribution < 1.29 is 9.18 Å². The lowest BCUT2D eigenvalue weighted by Gasteiger charge is -2.50. The van der Waals surface area contributed by atoms with Gasteiger partial charge in [-0.2, -0.15) is 0 Å². The Labute approximate surface area is 135 Å². The Bertz CT molecular complexity index is 735. The van der Waals surface area contributed by atoms with E-state index in [0.29, 0.717) is 5.56 Å². The molecule has 1 aliphatic carbocycles. The molecule has 4 rings (SSSR count). The Kier molecular flexibility index (Phi) is 3.33. The highest BCUT2D eigenvalue weighted by atomic mass is 19.1. The van der Waals surface area contributed by atoms with Gasteiger partial charge < -0.3 is 5.32 Å². The van der Waals surface area contributed by atoms with Gasteiger partial charge in [-0.3, -0.25) is 9.69 Å². The van der Waals surface area contributed by atoms with Gasteiger partial charge in [0.1, 0.15) is 11.5 Å². The highest BCUT2D eigenvalue weighted by Gasteiger charge is 2.45. The zero-order valence-electron chi connectivity index (χ0n) is 12.9. The van der Waals surface area contributed by atoms with Gasteiger partial charge in [-0.1, -0.05) is 18.6 Å². The molecule has 0 atom stereocenters. The number of halogens is 1. The first-order valence-electron chi connectivity index (χ1n) is 8.17. The second kappa shape index (κ2) is 5.37. The van der Waals surface area contributed by atoms with Gasteiger partial charge in [0.05, 0.1) is 5.56 Å². The zero-order chi connectivity index (χ0) is 15.9. The van der Waals surface area contributed by atoms with Crippen LogP contribution < -0.4 is 10.2 Å². The van der Waals surface area contributed by atoms with Crippen LogP contribution in [0.5, 0.6) is 0 Å². The van der Waals surface area contributed by atoms with E-state index in [-0.39, 0.29) is 11.7 Å². The molecule has 0 aromatic heterocycles. The Morgan fingerprint density at radius 3 is 2.39 bits per heavy atom. The molecule has 1 heterocycles. The number of fused-ring (bicyclic) bond motifs is 1. The average molecular weight is 310 g/mol. The summed E-state index contributed by atoms with van der Waals surface area (Å²) in [5, 5.41) is 3.62. The van der Waals surface area contributed by atoms with E-state index in [4.69, 9.17) is 0 Å². The average Bonchev–Trinajstić information content (AvgIpc) is 2.57. The van der Waals surface area contributed by atoms with Crippen LogP contribution in [0.4, 0.5) is 15.8 Å². The Hall–Kier alpha value is -2.36.